The third-order valence-corrected chi connectivity index (χ3v) is 3.62. The van der Waals surface area contributed by atoms with Crippen LogP contribution in [0.3, 0.4) is 0 Å². The zero-order valence-corrected chi connectivity index (χ0v) is 14.4. The van der Waals surface area contributed by atoms with Crippen molar-refractivity contribution in [3.8, 4) is 0 Å². The Kier molecular flexibility index (Phi) is 14.8. The standard InChI is InChI=1S/C17H35NO4/c1-16(2)8-6-4-3-5-7-14-22-15-9-17(21)18(10-12-19)11-13-20/h16,19-20H,3-15H2,1-2H3. The molecule has 0 saturated heterocycles. The summed E-state index contributed by atoms with van der Waals surface area (Å²) in [5.74, 6) is 0.730. The normalized spacial score (nSPS) is 11.1. The molecule has 0 atom stereocenters. The van der Waals surface area contributed by atoms with Crippen molar-refractivity contribution >= 4 is 5.91 Å². The van der Waals surface area contributed by atoms with Crippen molar-refractivity contribution in [2.45, 2.75) is 58.8 Å². The Hall–Kier alpha value is -0.650. The van der Waals surface area contributed by atoms with E-state index < -0.39 is 0 Å². The lowest BCUT2D eigenvalue weighted by Gasteiger charge is -2.20. The molecule has 0 aliphatic carbocycles. The van der Waals surface area contributed by atoms with E-state index in [-0.39, 0.29) is 32.2 Å². The van der Waals surface area contributed by atoms with Gasteiger partial charge in [-0.15, -0.1) is 0 Å². The molecule has 0 aromatic heterocycles. The van der Waals surface area contributed by atoms with E-state index in [1.807, 2.05) is 0 Å². The van der Waals surface area contributed by atoms with Crippen molar-refractivity contribution < 1.29 is 19.7 Å². The maximum atomic E-state index is 11.8. The summed E-state index contributed by atoms with van der Waals surface area (Å²) >= 11 is 0. The number of amides is 1. The molecule has 0 aliphatic heterocycles. The van der Waals surface area contributed by atoms with Crippen LogP contribution in [-0.2, 0) is 9.53 Å². The highest BCUT2D eigenvalue weighted by Crippen LogP contribution is 2.10. The van der Waals surface area contributed by atoms with Gasteiger partial charge in [-0.2, -0.15) is 0 Å². The Labute approximate surface area is 135 Å². The molecule has 0 spiro atoms. The second-order valence-electron chi connectivity index (χ2n) is 6.14. The van der Waals surface area contributed by atoms with Gasteiger partial charge in [-0.25, -0.2) is 0 Å². The molecule has 0 heterocycles. The maximum Gasteiger partial charge on any atom is 0.225 e. The first-order valence-corrected chi connectivity index (χ1v) is 8.69. The minimum absolute atomic E-state index is 0.0724. The quantitative estimate of drug-likeness (QED) is 0.454. The van der Waals surface area contributed by atoms with Gasteiger partial charge < -0.3 is 19.8 Å². The van der Waals surface area contributed by atoms with E-state index >= 15 is 0 Å². The largest absolute Gasteiger partial charge is 0.395 e. The first-order chi connectivity index (χ1) is 10.6. The SMILES string of the molecule is CC(C)CCCCCCCOCCC(=O)N(CCO)CCO. The van der Waals surface area contributed by atoms with Crippen LogP contribution < -0.4 is 0 Å². The van der Waals surface area contributed by atoms with Gasteiger partial charge in [-0.1, -0.05) is 46.0 Å². The zero-order chi connectivity index (χ0) is 16.6. The third-order valence-electron chi connectivity index (χ3n) is 3.62. The summed E-state index contributed by atoms with van der Waals surface area (Å²) in [6.07, 6.45) is 7.74. The fraction of sp³-hybridized carbons (Fsp3) is 0.941. The topological polar surface area (TPSA) is 70.0 Å². The van der Waals surface area contributed by atoms with Crippen LogP contribution in [0.2, 0.25) is 0 Å². The van der Waals surface area contributed by atoms with Gasteiger partial charge in [-0.3, -0.25) is 4.79 Å². The molecule has 0 rings (SSSR count). The van der Waals surface area contributed by atoms with Crippen LogP contribution >= 0.6 is 0 Å². The van der Waals surface area contributed by atoms with E-state index in [1.165, 1.54) is 37.0 Å². The molecule has 5 nitrogen and oxygen atoms in total. The number of carbonyl (C=O) groups is 1. The molecule has 0 aromatic rings. The summed E-state index contributed by atoms with van der Waals surface area (Å²) in [6, 6.07) is 0. The highest BCUT2D eigenvalue weighted by atomic mass is 16.5. The van der Waals surface area contributed by atoms with Gasteiger partial charge in [0.25, 0.3) is 0 Å². The van der Waals surface area contributed by atoms with E-state index in [1.54, 1.807) is 0 Å². The third kappa shape index (κ3) is 13.0. The number of hydrogen-bond donors (Lipinski definition) is 2. The van der Waals surface area contributed by atoms with E-state index in [0.29, 0.717) is 19.6 Å². The van der Waals surface area contributed by atoms with Crippen molar-refractivity contribution in [3.05, 3.63) is 0 Å². The lowest BCUT2D eigenvalue weighted by atomic mass is 10.0. The number of ether oxygens (including phenoxy) is 1. The molecule has 0 aromatic carbocycles. The van der Waals surface area contributed by atoms with Gasteiger partial charge in [0.15, 0.2) is 0 Å². The second-order valence-corrected chi connectivity index (χ2v) is 6.14. The van der Waals surface area contributed by atoms with Crippen LogP contribution in [0.4, 0.5) is 0 Å². The lowest BCUT2D eigenvalue weighted by molar-refractivity contribution is -0.133. The van der Waals surface area contributed by atoms with Crippen molar-refractivity contribution in [1.29, 1.82) is 0 Å². The molecule has 2 N–H and O–H groups in total. The van der Waals surface area contributed by atoms with E-state index in [0.717, 1.165) is 12.3 Å². The van der Waals surface area contributed by atoms with Gasteiger partial charge in [0, 0.05) is 19.7 Å². The van der Waals surface area contributed by atoms with Gasteiger partial charge in [-0.05, 0) is 12.3 Å². The summed E-state index contributed by atoms with van der Waals surface area (Å²) < 4.78 is 5.48. The van der Waals surface area contributed by atoms with E-state index in [2.05, 4.69) is 13.8 Å². The number of carbonyl (C=O) groups excluding carboxylic acids is 1. The molecule has 0 radical (unpaired) electrons. The Bertz CT molecular complexity index is 253. The summed E-state index contributed by atoms with van der Waals surface area (Å²) in [5, 5.41) is 17.7. The lowest BCUT2D eigenvalue weighted by Crippen LogP contribution is -2.36. The number of aliphatic hydroxyl groups excluding tert-OH is 2. The molecule has 22 heavy (non-hydrogen) atoms. The monoisotopic (exact) mass is 317 g/mol. The first kappa shape index (κ1) is 21.4. The maximum absolute atomic E-state index is 11.8. The second kappa shape index (κ2) is 15.3. The molecule has 0 saturated carbocycles. The molecule has 1 amide bonds. The summed E-state index contributed by atoms with van der Waals surface area (Å²) in [7, 11) is 0. The highest BCUT2D eigenvalue weighted by Gasteiger charge is 2.11. The van der Waals surface area contributed by atoms with E-state index in [9.17, 15) is 4.79 Å². The van der Waals surface area contributed by atoms with Gasteiger partial charge in [0.1, 0.15) is 0 Å². The van der Waals surface area contributed by atoms with E-state index in [4.69, 9.17) is 14.9 Å². The fourth-order valence-electron chi connectivity index (χ4n) is 2.31. The first-order valence-electron chi connectivity index (χ1n) is 8.69. The van der Waals surface area contributed by atoms with Crippen molar-refractivity contribution in [2.24, 2.45) is 5.92 Å². The number of aliphatic hydroxyl groups is 2. The summed E-state index contributed by atoms with van der Waals surface area (Å²) in [4.78, 5) is 13.3. The highest BCUT2D eigenvalue weighted by molar-refractivity contribution is 5.76. The van der Waals surface area contributed by atoms with Gasteiger partial charge in [0.05, 0.1) is 26.2 Å². The minimum Gasteiger partial charge on any atom is -0.395 e. The Balaban J connectivity index is 3.42. The molecule has 0 bridgehead atoms. The fourth-order valence-corrected chi connectivity index (χ4v) is 2.31. The van der Waals surface area contributed by atoms with Crippen LogP contribution in [0.25, 0.3) is 0 Å². The molecule has 0 aliphatic rings. The molecular weight excluding hydrogens is 282 g/mol. The Morgan fingerprint density at radius 3 is 2.14 bits per heavy atom. The van der Waals surface area contributed by atoms with Crippen molar-refractivity contribution in [1.82, 2.24) is 4.90 Å². The number of rotatable bonds is 15. The average Bonchev–Trinajstić information content (AvgIpc) is 2.48. The molecule has 0 unspecified atom stereocenters. The molecular formula is C17H35NO4. The zero-order valence-electron chi connectivity index (χ0n) is 14.4. The molecule has 5 heteroatoms. The van der Waals surface area contributed by atoms with Crippen LogP contribution in [0.15, 0.2) is 0 Å². The van der Waals surface area contributed by atoms with Crippen LogP contribution in [0, 0.1) is 5.92 Å². The number of unbranched alkanes of at least 4 members (excludes halogenated alkanes) is 4. The summed E-state index contributed by atoms with van der Waals surface area (Å²) in [6.45, 7) is 6.03. The van der Waals surface area contributed by atoms with Crippen molar-refractivity contribution in [3.63, 3.8) is 0 Å². The Morgan fingerprint density at radius 1 is 0.955 bits per heavy atom. The van der Waals surface area contributed by atoms with Crippen LogP contribution in [0.5, 0.6) is 0 Å². The number of hydrogen-bond acceptors (Lipinski definition) is 4. The smallest absolute Gasteiger partial charge is 0.225 e. The summed E-state index contributed by atoms with van der Waals surface area (Å²) in [5.41, 5.74) is 0. The predicted molar refractivity (Wildman–Crippen MR) is 88.7 cm³/mol. The number of nitrogens with zero attached hydrogens (tertiary/aromatic N) is 1. The van der Waals surface area contributed by atoms with Gasteiger partial charge >= 0.3 is 0 Å². The van der Waals surface area contributed by atoms with Crippen LogP contribution in [-0.4, -0.2) is 60.5 Å². The predicted octanol–water partition coefficient (Wildman–Crippen LogP) is 2.20. The minimum atomic E-state index is -0.0800. The Morgan fingerprint density at radius 2 is 1.55 bits per heavy atom. The average molecular weight is 317 g/mol. The molecule has 132 valence electrons. The van der Waals surface area contributed by atoms with Crippen LogP contribution in [0.1, 0.15) is 58.8 Å². The van der Waals surface area contributed by atoms with Crippen molar-refractivity contribution in [2.75, 3.05) is 39.5 Å². The molecule has 0 fully saturated rings. The van der Waals surface area contributed by atoms with Gasteiger partial charge in [0.2, 0.25) is 5.91 Å².